The Kier molecular flexibility index (Phi) is 16.1. The molecule has 0 aliphatic rings. The zero-order valence-electron chi connectivity index (χ0n) is 18.2. The molecule has 0 radical (unpaired) electrons. The van der Waals surface area contributed by atoms with E-state index in [0.717, 1.165) is 32.2 Å². The van der Waals surface area contributed by atoms with E-state index in [1.807, 2.05) is 18.9 Å². The summed E-state index contributed by atoms with van der Waals surface area (Å²) in [7, 11) is 1.88. The van der Waals surface area contributed by atoms with Gasteiger partial charge < -0.3 is 14.4 Å². The number of nitrogens with one attached hydrogen (secondary N) is 1. The van der Waals surface area contributed by atoms with Crippen molar-refractivity contribution in [3.05, 3.63) is 23.9 Å². The van der Waals surface area contributed by atoms with Crippen molar-refractivity contribution in [2.45, 2.75) is 53.4 Å². The summed E-state index contributed by atoms with van der Waals surface area (Å²) in [4.78, 5) is 31.6. The van der Waals surface area contributed by atoms with Gasteiger partial charge in [0.25, 0.3) is 0 Å². The number of hydroxylamine groups is 1. The number of carbonyl (C=O) groups excluding carboxylic acids is 2. The first-order valence-corrected chi connectivity index (χ1v) is 10.3. The summed E-state index contributed by atoms with van der Waals surface area (Å²) in [5, 5.41) is 0. The van der Waals surface area contributed by atoms with Crippen LogP contribution in [0, 0.1) is 5.92 Å². The number of nitrogens with zero attached hydrogens (tertiary/aromatic N) is 1. The Morgan fingerprint density at radius 1 is 1.11 bits per heavy atom. The van der Waals surface area contributed by atoms with E-state index in [9.17, 15) is 9.59 Å². The van der Waals surface area contributed by atoms with E-state index in [-0.39, 0.29) is 12.2 Å². The van der Waals surface area contributed by atoms with Gasteiger partial charge in [-0.25, -0.2) is 15.1 Å². The molecular weight excluding hydrogens is 360 g/mol. The van der Waals surface area contributed by atoms with Crippen molar-refractivity contribution in [3.8, 4) is 0 Å². The van der Waals surface area contributed by atoms with Gasteiger partial charge in [0.15, 0.2) is 0 Å². The van der Waals surface area contributed by atoms with Gasteiger partial charge in [-0.15, -0.1) is 0 Å². The normalized spacial score (nSPS) is 12.8. The minimum Gasteiger partial charge on any atom is -0.462 e. The van der Waals surface area contributed by atoms with Crippen LogP contribution in [0.1, 0.15) is 53.4 Å². The summed E-state index contributed by atoms with van der Waals surface area (Å²) in [5.41, 5.74) is 2.68. The van der Waals surface area contributed by atoms with E-state index < -0.39 is 11.9 Å². The van der Waals surface area contributed by atoms with Crippen LogP contribution in [-0.4, -0.2) is 56.8 Å². The highest BCUT2D eigenvalue weighted by molar-refractivity contribution is 6.14. The van der Waals surface area contributed by atoms with Crippen molar-refractivity contribution in [2.75, 3.05) is 40.0 Å². The van der Waals surface area contributed by atoms with E-state index >= 15 is 0 Å². The fourth-order valence-corrected chi connectivity index (χ4v) is 2.32. The lowest BCUT2D eigenvalue weighted by molar-refractivity contribution is -0.147. The maximum atomic E-state index is 12.4. The van der Waals surface area contributed by atoms with E-state index in [4.69, 9.17) is 14.3 Å². The minimum absolute atomic E-state index is 0.0965. The summed E-state index contributed by atoms with van der Waals surface area (Å²) in [5.74, 6) is -1.00. The van der Waals surface area contributed by atoms with Crippen molar-refractivity contribution in [2.24, 2.45) is 5.92 Å². The van der Waals surface area contributed by atoms with Crippen molar-refractivity contribution < 1.29 is 23.9 Å². The fourth-order valence-electron chi connectivity index (χ4n) is 2.32. The molecule has 162 valence electrons. The molecule has 0 rings (SSSR count). The van der Waals surface area contributed by atoms with Crippen LogP contribution in [0.3, 0.4) is 0 Å². The van der Waals surface area contributed by atoms with Crippen molar-refractivity contribution in [1.29, 1.82) is 0 Å². The topological polar surface area (TPSA) is 77.1 Å². The van der Waals surface area contributed by atoms with Gasteiger partial charge in [0, 0.05) is 20.1 Å². The lowest BCUT2D eigenvalue weighted by atomic mass is 10.0. The molecule has 0 fully saturated rings. The molecule has 0 saturated heterocycles. The van der Waals surface area contributed by atoms with E-state index in [0.29, 0.717) is 25.7 Å². The van der Waals surface area contributed by atoms with Crippen LogP contribution < -0.4 is 5.48 Å². The summed E-state index contributed by atoms with van der Waals surface area (Å²) in [6.07, 6.45) is 8.99. The Bertz CT molecular complexity index is 491. The van der Waals surface area contributed by atoms with Crippen molar-refractivity contribution in [1.82, 2.24) is 10.4 Å². The molecule has 1 atom stereocenters. The Labute approximate surface area is 170 Å². The highest BCUT2D eigenvalue weighted by Gasteiger charge is 2.21. The Morgan fingerprint density at radius 2 is 1.82 bits per heavy atom. The van der Waals surface area contributed by atoms with Crippen LogP contribution in [0.2, 0.25) is 0 Å². The highest BCUT2D eigenvalue weighted by atomic mass is 16.6. The molecule has 0 aromatic heterocycles. The van der Waals surface area contributed by atoms with Crippen LogP contribution in [-0.2, 0) is 23.9 Å². The number of likely N-dealkylation sites (N-methyl/N-ethyl adjacent to an activating group) is 1. The summed E-state index contributed by atoms with van der Waals surface area (Å²) in [6, 6.07) is 0. The number of hydrogen-bond acceptors (Lipinski definition) is 7. The maximum Gasteiger partial charge on any atom is 0.345 e. The second-order valence-corrected chi connectivity index (χ2v) is 6.48. The van der Waals surface area contributed by atoms with E-state index in [1.54, 1.807) is 19.2 Å². The number of allylic oxidation sites excluding steroid dienone is 2. The van der Waals surface area contributed by atoms with Gasteiger partial charge in [-0.2, -0.15) is 0 Å². The van der Waals surface area contributed by atoms with Gasteiger partial charge in [-0.1, -0.05) is 40.0 Å². The predicted molar refractivity (Wildman–Crippen MR) is 110 cm³/mol. The molecule has 0 aromatic rings. The Morgan fingerprint density at radius 3 is 2.43 bits per heavy atom. The second-order valence-electron chi connectivity index (χ2n) is 6.48. The van der Waals surface area contributed by atoms with Gasteiger partial charge in [0.05, 0.1) is 19.8 Å². The number of esters is 2. The fraction of sp³-hybridized carbons (Fsp3) is 0.714. The highest BCUT2D eigenvalue weighted by Crippen LogP contribution is 2.14. The van der Waals surface area contributed by atoms with Gasteiger partial charge in [-0.05, 0) is 37.6 Å². The summed E-state index contributed by atoms with van der Waals surface area (Å²) >= 11 is 0. The number of carbonyl (C=O) groups is 2. The third kappa shape index (κ3) is 12.5. The first kappa shape index (κ1) is 26.1. The number of ether oxygens (including phenoxy) is 2. The van der Waals surface area contributed by atoms with E-state index in [1.165, 1.54) is 6.08 Å². The molecule has 28 heavy (non-hydrogen) atoms. The first-order valence-electron chi connectivity index (χ1n) is 10.3. The quantitative estimate of drug-likeness (QED) is 0.0813. The lowest BCUT2D eigenvalue weighted by Gasteiger charge is -2.15. The van der Waals surface area contributed by atoms with Crippen LogP contribution in [0.4, 0.5) is 0 Å². The molecule has 7 heteroatoms. The largest absolute Gasteiger partial charge is 0.462 e. The Balaban J connectivity index is 4.82. The number of hydrogen-bond donors (Lipinski definition) is 1. The van der Waals surface area contributed by atoms with Crippen molar-refractivity contribution in [3.63, 3.8) is 0 Å². The lowest BCUT2D eigenvalue weighted by Crippen LogP contribution is -2.23. The first-order chi connectivity index (χ1) is 13.5. The van der Waals surface area contributed by atoms with Crippen LogP contribution in [0.5, 0.6) is 0 Å². The minimum atomic E-state index is -0.670. The third-order valence-corrected chi connectivity index (χ3v) is 4.10. The number of rotatable bonds is 16. The third-order valence-electron chi connectivity index (χ3n) is 4.10. The monoisotopic (exact) mass is 398 g/mol. The predicted octanol–water partition coefficient (Wildman–Crippen LogP) is 3.22. The van der Waals surface area contributed by atoms with Crippen molar-refractivity contribution >= 4 is 11.9 Å². The summed E-state index contributed by atoms with van der Waals surface area (Å²) < 4.78 is 10.4. The van der Waals surface area contributed by atoms with Crippen LogP contribution in [0.25, 0.3) is 0 Å². The molecule has 0 bridgehead atoms. The molecule has 1 unspecified atom stereocenters. The average Bonchev–Trinajstić information content (AvgIpc) is 2.68. The van der Waals surface area contributed by atoms with Gasteiger partial charge in [-0.3, -0.25) is 4.84 Å². The molecule has 0 saturated carbocycles. The molecule has 7 nitrogen and oxygen atoms in total. The number of unbranched alkanes of at least 4 members (excludes halogenated alkanes) is 1. The molecule has 0 aliphatic carbocycles. The maximum absolute atomic E-state index is 12.4. The molecule has 0 aromatic carbocycles. The van der Waals surface area contributed by atoms with Gasteiger partial charge >= 0.3 is 11.9 Å². The zero-order valence-corrected chi connectivity index (χ0v) is 18.2. The molecule has 1 N–H and O–H groups in total. The molecule has 0 heterocycles. The average molecular weight is 399 g/mol. The second kappa shape index (κ2) is 17.3. The smallest absolute Gasteiger partial charge is 0.345 e. The van der Waals surface area contributed by atoms with Gasteiger partial charge in [0.2, 0.25) is 0 Å². The molecule has 0 aliphatic heterocycles. The summed E-state index contributed by atoms with van der Waals surface area (Å²) in [6.45, 7) is 10.3. The SMILES string of the molecule is CCCCC(CC)COC(=O)C(=CC=CN(C)CCONCC)C(=O)OCC. The zero-order chi connectivity index (χ0) is 21.2. The van der Waals surface area contributed by atoms with E-state index in [2.05, 4.69) is 19.3 Å². The standard InChI is InChI=1S/C21H38N2O5/c1-6-10-12-18(7-2)17-27-21(25)19(20(24)26-9-4)13-11-14-23(5)15-16-28-22-8-3/h11,13-14,18,22H,6-10,12,15-17H2,1-5H3. The molecular formula is C21H38N2O5. The van der Waals surface area contributed by atoms with Crippen LogP contribution in [0.15, 0.2) is 23.9 Å². The van der Waals surface area contributed by atoms with Gasteiger partial charge in [0.1, 0.15) is 5.57 Å². The Hall–Kier alpha value is -1.86. The molecule has 0 spiro atoms. The molecule has 0 amide bonds. The van der Waals surface area contributed by atoms with Crippen LogP contribution >= 0.6 is 0 Å².